The smallest absolute Gasteiger partial charge is 0.129 e. The van der Waals surface area contributed by atoms with Crippen molar-refractivity contribution in [2.75, 3.05) is 13.1 Å². The number of halogens is 2. The van der Waals surface area contributed by atoms with Crippen LogP contribution in [0.15, 0.2) is 18.2 Å². The lowest BCUT2D eigenvalue weighted by atomic mass is 9.77. The Morgan fingerprint density at radius 1 is 1.22 bits per heavy atom. The highest BCUT2D eigenvalue weighted by molar-refractivity contribution is 5.19. The average molecular weight is 255 g/mol. The quantitative estimate of drug-likeness (QED) is 0.844. The molecular weight excluding hydrogens is 232 g/mol. The second-order valence-corrected chi connectivity index (χ2v) is 5.81. The van der Waals surface area contributed by atoms with Crippen molar-refractivity contribution in [3.8, 4) is 0 Å². The van der Waals surface area contributed by atoms with Gasteiger partial charge in [-0.15, -0.1) is 0 Å². The molecule has 1 rings (SSSR count). The highest BCUT2D eigenvalue weighted by Crippen LogP contribution is 2.29. The molecule has 3 heteroatoms. The van der Waals surface area contributed by atoms with Gasteiger partial charge in [0.1, 0.15) is 11.6 Å². The molecule has 1 N–H and O–H groups in total. The fourth-order valence-corrected chi connectivity index (χ4v) is 1.96. The fourth-order valence-electron chi connectivity index (χ4n) is 1.96. The van der Waals surface area contributed by atoms with Gasteiger partial charge in [0, 0.05) is 6.07 Å². The summed E-state index contributed by atoms with van der Waals surface area (Å²) in [7, 11) is 0. The van der Waals surface area contributed by atoms with Crippen LogP contribution < -0.4 is 5.32 Å². The highest BCUT2D eigenvalue weighted by atomic mass is 19.1. The van der Waals surface area contributed by atoms with Crippen LogP contribution in [0.2, 0.25) is 0 Å². The number of hydrogen-bond acceptors (Lipinski definition) is 1. The Bertz CT molecular complexity index is 383. The van der Waals surface area contributed by atoms with Crippen LogP contribution >= 0.6 is 0 Å². The van der Waals surface area contributed by atoms with E-state index in [2.05, 4.69) is 33.0 Å². The van der Waals surface area contributed by atoms with Crippen LogP contribution in [0.25, 0.3) is 0 Å². The van der Waals surface area contributed by atoms with Crippen molar-refractivity contribution in [1.29, 1.82) is 0 Å². The van der Waals surface area contributed by atoms with E-state index in [1.54, 1.807) is 6.07 Å². The lowest BCUT2D eigenvalue weighted by Gasteiger charge is -2.31. The van der Waals surface area contributed by atoms with E-state index in [0.29, 0.717) is 17.9 Å². The minimum absolute atomic E-state index is 0.0863. The maximum absolute atomic E-state index is 13.7. The monoisotopic (exact) mass is 255 g/mol. The molecular formula is C15H23F2N. The third-order valence-electron chi connectivity index (χ3n) is 3.35. The van der Waals surface area contributed by atoms with E-state index in [-0.39, 0.29) is 5.41 Å². The molecule has 18 heavy (non-hydrogen) atoms. The Morgan fingerprint density at radius 2 is 1.89 bits per heavy atom. The molecule has 0 saturated carbocycles. The minimum Gasteiger partial charge on any atom is -0.317 e. The van der Waals surface area contributed by atoms with Crippen LogP contribution in [0, 0.1) is 23.0 Å². The number of benzene rings is 1. The molecule has 102 valence electrons. The maximum Gasteiger partial charge on any atom is 0.129 e. The SMILES string of the molecule is CCNCC(Cc1ccc(F)cc1F)C(C)(C)C. The number of rotatable bonds is 5. The van der Waals surface area contributed by atoms with E-state index in [0.717, 1.165) is 19.2 Å². The average Bonchev–Trinajstić information content (AvgIpc) is 2.25. The van der Waals surface area contributed by atoms with Gasteiger partial charge in [0.25, 0.3) is 0 Å². The third-order valence-corrected chi connectivity index (χ3v) is 3.35. The van der Waals surface area contributed by atoms with Crippen LogP contribution in [-0.2, 0) is 6.42 Å². The zero-order valence-corrected chi connectivity index (χ0v) is 11.7. The van der Waals surface area contributed by atoms with Gasteiger partial charge in [-0.3, -0.25) is 0 Å². The van der Waals surface area contributed by atoms with Gasteiger partial charge in [0.15, 0.2) is 0 Å². The zero-order valence-electron chi connectivity index (χ0n) is 11.7. The van der Waals surface area contributed by atoms with E-state index in [9.17, 15) is 8.78 Å². The molecule has 1 nitrogen and oxygen atoms in total. The lowest BCUT2D eigenvalue weighted by molar-refractivity contribution is 0.230. The van der Waals surface area contributed by atoms with Crippen molar-refractivity contribution >= 4 is 0 Å². The van der Waals surface area contributed by atoms with Gasteiger partial charge >= 0.3 is 0 Å². The van der Waals surface area contributed by atoms with Crippen molar-refractivity contribution in [2.45, 2.75) is 34.1 Å². The predicted octanol–water partition coefficient (Wildman–Crippen LogP) is 3.78. The van der Waals surface area contributed by atoms with E-state index in [1.165, 1.54) is 6.07 Å². The molecule has 0 fully saturated rings. The topological polar surface area (TPSA) is 12.0 Å². The van der Waals surface area contributed by atoms with Gasteiger partial charge in [-0.1, -0.05) is 33.8 Å². The second-order valence-electron chi connectivity index (χ2n) is 5.81. The van der Waals surface area contributed by atoms with E-state index in [4.69, 9.17) is 0 Å². The van der Waals surface area contributed by atoms with E-state index < -0.39 is 11.6 Å². The van der Waals surface area contributed by atoms with E-state index >= 15 is 0 Å². The molecule has 0 amide bonds. The Balaban J connectivity index is 2.82. The maximum atomic E-state index is 13.7. The highest BCUT2D eigenvalue weighted by Gasteiger charge is 2.25. The van der Waals surface area contributed by atoms with Gasteiger partial charge < -0.3 is 5.32 Å². The number of hydrogen-bond donors (Lipinski definition) is 1. The van der Waals surface area contributed by atoms with E-state index in [1.807, 2.05) is 0 Å². The first-order chi connectivity index (χ1) is 8.34. The van der Waals surface area contributed by atoms with Crippen LogP contribution in [0.3, 0.4) is 0 Å². The number of nitrogens with one attached hydrogen (secondary N) is 1. The molecule has 0 heterocycles. The van der Waals surface area contributed by atoms with Crippen molar-refractivity contribution in [3.05, 3.63) is 35.4 Å². The standard InChI is InChI=1S/C15H23F2N/c1-5-18-10-12(15(2,3)4)8-11-6-7-13(16)9-14(11)17/h6-7,9,12,18H,5,8,10H2,1-4H3. The minimum atomic E-state index is -0.518. The summed E-state index contributed by atoms with van der Waals surface area (Å²) < 4.78 is 26.5. The largest absolute Gasteiger partial charge is 0.317 e. The van der Waals surface area contributed by atoms with Crippen molar-refractivity contribution in [2.24, 2.45) is 11.3 Å². The van der Waals surface area contributed by atoms with Crippen LogP contribution in [0.1, 0.15) is 33.3 Å². The van der Waals surface area contributed by atoms with Crippen LogP contribution in [0.4, 0.5) is 8.78 Å². The first-order valence-electron chi connectivity index (χ1n) is 6.49. The molecule has 1 unspecified atom stereocenters. The van der Waals surface area contributed by atoms with Gasteiger partial charge in [-0.2, -0.15) is 0 Å². The Kier molecular flexibility index (Phi) is 5.27. The molecule has 0 aliphatic carbocycles. The third kappa shape index (κ3) is 4.37. The van der Waals surface area contributed by atoms with Crippen molar-refractivity contribution < 1.29 is 8.78 Å². The van der Waals surface area contributed by atoms with Gasteiger partial charge in [-0.05, 0) is 42.5 Å². The Labute approximate surface area is 109 Å². The first kappa shape index (κ1) is 15.1. The zero-order chi connectivity index (χ0) is 13.8. The summed E-state index contributed by atoms with van der Waals surface area (Å²) in [4.78, 5) is 0. The lowest BCUT2D eigenvalue weighted by Crippen LogP contribution is -2.33. The molecule has 0 bridgehead atoms. The second kappa shape index (κ2) is 6.28. The van der Waals surface area contributed by atoms with Gasteiger partial charge in [-0.25, -0.2) is 8.78 Å². The van der Waals surface area contributed by atoms with Crippen LogP contribution in [0.5, 0.6) is 0 Å². The summed E-state index contributed by atoms with van der Waals surface area (Å²) in [5.41, 5.74) is 0.678. The summed E-state index contributed by atoms with van der Waals surface area (Å²) in [5.74, 6) is -0.645. The fraction of sp³-hybridized carbons (Fsp3) is 0.600. The molecule has 0 aliphatic heterocycles. The van der Waals surface area contributed by atoms with Crippen molar-refractivity contribution in [3.63, 3.8) is 0 Å². The summed E-state index contributed by atoms with van der Waals surface area (Å²) in [6.45, 7) is 10.2. The molecule has 1 atom stereocenters. The molecule has 0 radical (unpaired) electrons. The first-order valence-corrected chi connectivity index (χ1v) is 6.49. The molecule has 1 aromatic rings. The summed E-state index contributed by atoms with van der Waals surface area (Å²) in [6, 6.07) is 3.84. The summed E-state index contributed by atoms with van der Waals surface area (Å²) >= 11 is 0. The van der Waals surface area contributed by atoms with Crippen LogP contribution in [-0.4, -0.2) is 13.1 Å². The summed E-state index contributed by atoms with van der Waals surface area (Å²) in [5, 5.41) is 3.31. The van der Waals surface area contributed by atoms with Crippen molar-refractivity contribution in [1.82, 2.24) is 5.32 Å². The van der Waals surface area contributed by atoms with Gasteiger partial charge in [0.2, 0.25) is 0 Å². The molecule has 0 spiro atoms. The molecule has 0 aliphatic rings. The Hall–Kier alpha value is -0.960. The summed E-state index contributed by atoms with van der Waals surface area (Å²) in [6.07, 6.45) is 0.628. The molecule has 1 aromatic carbocycles. The van der Waals surface area contributed by atoms with Gasteiger partial charge in [0.05, 0.1) is 0 Å². The molecule has 0 saturated heterocycles. The molecule has 0 aromatic heterocycles. The Morgan fingerprint density at radius 3 is 2.39 bits per heavy atom. The normalized spacial score (nSPS) is 13.7. The predicted molar refractivity (Wildman–Crippen MR) is 71.6 cm³/mol.